The summed E-state index contributed by atoms with van der Waals surface area (Å²) in [5, 5.41) is 14.2. The first-order valence-corrected chi connectivity index (χ1v) is 6.60. The van der Waals surface area contributed by atoms with E-state index in [1.165, 1.54) is 6.07 Å². The van der Waals surface area contributed by atoms with Crippen LogP contribution in [0, 0.1) is 10.1 Å². The molecule has 0 bridgehead atoms. The number of rotatable bonds is 5. The van der Waals surface area contributed by atoms with Crippen LogP contribution < -0.4 is 14.8 Å². The van der Waals surface area contributed by atoms with Crippen LogP contribution in [-0.4, -0.2) is 18.3 Å². The van der Waals surface area contributed by atoms with Gasteiger partial charge in [-0.15, -0.1) is 0 Å². The van der Waals surface area contributed by atoms with E-state index in [1.807, 2.05) is 24.3 Å². The second-order valence-electron chi connectivity index (χ2n) is 4.63. The molecule has 6 heteroatoms. The Hall–Kier alpha value is -2.76. The Kier molecular flexibility index (Phi) is 3.59. The highest BCUT2D eigenvalue weighted by atomic mass is 16.7. The molecule has 108 valence electrons. The van der Waals surface area contributed by atoms with Crippen molar-refractivity contribution in [2.24, 2.45) is 0 Å². The Labute approximate surface area is 121 Å². The van der Waals surface area contributed by atoms with Crippen molar-refractivity contribution < 1.29 is 14.4 Å². The van der Waals surface area contributed by atoms with Gasteiger partial charge in [-0.25, -0.2) is 0 Å². The van der Waals surface area contributed by atoms with Gasteiger partial charge in [0, 0.05) is 29.9 Å². The van der Waals surface area contributed by atoms with E-state index in [1.54, 1.807) is 12.1 Å². The molecule has 1 N–H and O–H groups in total. The number of fused-ring (bicyclic) bond motifs is 1. The van der Waals surface area contributed by atoms with Crippen LogP contribution in [0.2, 0.25) is 0 Å². The average Bonchev–Trinajstić information content (AvgIpc) is 2.95. The number of nitro groups is 1. The fourth-order valence-electron chi connectivity index (χ4n) is 2.25. The van der Waals surface area contributed by atoms with Crippen LogP contribution in [0.1, 0.15) is 5.56 Å². The third-order valence-electron chi connectivity index (χ3n) is 3.28. The zero-order valence-electron chi connectivity index (χ0n) is 11.2. The molecule has 3 rings (SSSR count). The van der Waals surface area contributed by atoms with Crippen LogP contribution in [0.5, 0.6) is 11.5 Å². The number of ether oxygens (including phenoxy) is 2. The van der Waals surface area contributed by atoms with Crippen molar-refractivity contribution in [1.82, 2.24) is 0 Å². The lowest BCUT2D eigenvalue weighted by Gasteiger charge is -2.07. The monoisotopic (exact) mass is 286 g/mol. The van der Waals surface area contributed by atoms with Gasteiger partial charge in [-0.05, 0) is 18.6 Å². The maximum Gasteiger partial charge on any atom is 0.272 e. The van der Waals surface area contributed by atoms with Gasteiger partial charge in [0.15, 0.2) is 11.5 Å². The molecule has 0 unspecified atom stereocenters. The van der Waals surface area contributed by atoms with Crippen molar-refractivity contribution in [3.8, 4) is 11.5 Å². The number of nitrogens with zero attached hydrogens (tertiary/aromatic N) is 1. The van der Waals surface area contributed by atoms with Gasteiger partial charge in [0.25, 0.3) is 5.69 Å². The van der Waals surface area contributed by atoms with Gasteiger partial charge < -0.3 is 14.8 Å². The minimum Gasteiger partial charge on any atom is -0.454 e. The van der Waals surface area contributed by atoms with Crippen molar-refractivity contribution in [3.63, 3.8) is 0 Å². The van der Waals surface area contributed by atoms with E-state index in [-0.39, 0.29) is 17.4 Å². The summed E-state index contributed by atoms with van der Waals surface area (Å²) < 4.78 is 10.5. The molecule has 0 fully saturated rings. The molecule has 6 nitrogen and oxygen atoms in total. The van der Waals surface area contributed by atoms with Gasteiger partial charge in [-0.3, -0.25) is 10.1 Å². The average molecular weight is 286 g/mol. The highest BCUT2D eigenvalue weighted by Gasteiger charge is 2.14. The van der Waals surface area contributed by atoms with Crippen LogP contribution in [0.25, 0.3) is 0 Å². The van der Waals surface area contributed by atoms with Gasteiger partial charge >= 0.3 is 0 Å². The lowest BCUT2D eigenvalue weighted by molar-refractivity contribution is -0.385. The van der Waals surface area contributed by atoms with Gasteiger partial charge in [0.1, 0.15) is 0 Å². The summed E-state index contributed by atoms with van der Waals surface area (Å²) in [4.78, 5) is 10.6. The molecule has 0 saturated carbocycles. The number of benzene rings is 2. The molecule has 0 radical (unpaired) electrons. The molecule has 0 atom stereocenters. The minimum absolute atomic E-state index is 0.157. The molecule has 0 amide bonds. The SMILES string of the molecule is O=[N+]([O-])c1ccccc1CCNc1ccc2c(c1)OCO2. The predicted octanol–water partition coefficient (Wildman–Crippen LogP) is 2.98. The zero-order chi connectivity index (χ0) is 14.7. The molecule has 0 aromatic heterocycles. The summed E-state index contributed by atoms with van der Waals surface area (Å²) in [6.07, 6.45) is 0.575. The largest absolute Gasteiger partial charge is 0.454 e. The van der Waals surface area contributed by atoms with E-state index >= 15 is 0 Å². The summed E-state index contributed by atoms with van der Waals surface area (Å²) in [5.41, 5.74) is 1.78. The molecule has 21 heavy (non-hydrogen) atoms. The van der Waals surface area contributed by atoms with E-state index in [2.05, 4.69) is 5.32 Å². The second-order valence-corrected chi connectivity index (χ2v) is 4.63. The number of hydrogen-bond acceptors (Lipinski definition) is 5. The van der Waals surface area contributed by atoms with Crippen molar-refractivity contribution in [2.45, 2.75) is 6.42 Å². The summed E-state index contributed by atoms with van der Waals surface area (Å²) in [7, 11) is 0. The zero-order valence-corrected chi connectivity index (χ0v) is 11.2. The fourth-order valence-corrected chi connectivity index (χ4v) is 2.25. The summed E-state index contributed by atoms with van der Waals surface area (Å²) >= 11 is 0. The van der Waals surface area contributed by atoms with Crippen LogP contribution in [-0.2, 0) is 6.42 Å². The second kappa shape index (κ2) is 5.70. The standard InChI is InChI=1S/C15H14N2O4/c18-17(19)13-4-2-1-3-11(13)7-8-16-12-5-6-14-15(9-12)21-10-20-14/h1-6,9,16H,7-8,10H2. The molecule has 0 spiro atoms. The van der Waals surface area contributed by atoms with E-state index in [0.29, 0.717) is 18.7 Å². The Bertz CT molecular complexity index is 672. The normalized spacial score (nSPS) is 12.2. The maximum atomic E-state index is 10.9. The quantitative estimate of drug-likeness (QED) is 0.675. The number of hydrogen-bond donors (Lipinski definition) is 1. The van der Waals surface area contributed by atoms with Crippen LogP contribution in [0.15, 0.2) is 42.5 Å². The molecule has 2 aromatic rings. The summed E-state index contributed by atoms with van der Waals surface area (Å²) in [5.74, 6) is 1.45. The lowest BCUT2D eigenvalue weighted by atomic mass is 10.1. The summed E-state index contributed by atoms with van der Waals surface area (Å²) in [6, 6.07) is 12.4. The number of para-hydroxylation sites is 1. The predicted molar refractivity (Wildman–Crippen MR) is 77.9 cm³/mol. The van der Waals surface area contributed by atoms with Gasteiger partial charge in [0.2, 0.25) is 6.79 Å². The third kappa shape index (κ3) is 2.89. The molecular formula is C15H14N2O4. The van der Waals surface area contributed by atoms with Gasteiger partial charge in [-0.2, -0.15) is 0 Å². The molecule has 1 aliphatic rings. The van der Waals surface area contributed by atoms with Gasteiger partial charge in [-0.1, -0.05) is 18.2 Å². The minimum atomic E-state index is -0.351. The van der Waals surface area contributed by atoms with E-state index in [4.69, 9.17) is 9.47 Å². The Morgan fingerprint density at radius 1 is 1.14 bits per heavy atom. The number of nitro benzene ring substituents is 1. The highest BCUT2D eigenvalue weighted by Crippen LogP contribution is 2.34. The first-order valence-electron chi connectivity index (χ1n) is 6.60. The molecule has 2 aromatic carbocycles. The Morgan fingerprint density at radius 3 is 2.81 bits per heavy atom. The fraction of sp³-hybridized carbons (Fsp3) is 0.200. The van der Waals surface area contributed by atoms with Crippen LogP contribution in [0.3, 0.4) is 0 Å². The molecule has 1 heterocycles. The number of nitrogens with one attached hydrogen (secondary N) is 1. The maximum absolute atomic E-state index is 10.9. The topological polar surface area (TPSA) is 73.6 Å². The van der Waals surface area contributed by atoms with E-state index in [0.717, 1.165) is 17.0 Å². The highest BCUT2D eigenvalue weighted by molar-refractivity contribution is 5.55. The first-order chi connectivity index (χ1) is 10.2. The van der Waals surface area contributed by atoms with Crippen LogP contribution >= 0.6 is 0 Å². The van der Waals surface area contributed by atoms with Crippen molar-refractivity contribution in [2.75, 3.05) is 18.7 Å². The van der Waals surface area contributed by atoms with Crippen molar-refractivity contribution >= 4 is 11.4 Å². The molecule has 0 saturated heterocycles. The lowest BCUT2D eigenvalue weighted by Crippen LogP contribution is -2.06. The van der Waals surface area contributed by atoms with Gasteiger partial charge in [0.05, 0.1) is 4.92 Å². The summed E-state index contributed by atoms with van der Waals surface area (Å²) in [6.45, 7) is 0.847. The van der Waals surface area contributed by atoms with Crippen molar-refractivity contribution in [1.29, 1.82) is 0 Å². The van der Waals surface area contributed by atoms with Crippen LogP contribution in [0.4, 0.5) is 11.4 Å². The molecule has 1 aliphatic heterocycles. The van der Waals surface area contributed by atoms with Crippen molar-refractivity contribution in [3.05, 3.63) is 58.1 Å². The Balaban J connectivity index is 1.63. The van der Waals surface area contributed by atoms with E-state index in [9.17, 15) is 10.1 Å². The number of anilines is 1. The Morgan fingerprint density at radius 2 is 1.95 bits per heavy atom. The third-order valence-corrected chi connectivity index (χ3v) is 3.28. The molecular weight excluding hydrogens is 272 g/mol. The van der Waals surface area contributed by atoms with E-state index < -0.39 is 0 Å². The first kappa shape index (κ1) is 13.2. The smallest absolute Gasteiger partial charge is 0.272 e. The molecule has 0 aliphatic carbocycles.